The number of hydrogen-bond donors (Lipinski definition) is 1. The van der Waals surface area contributed by atoms with Crippen molar-refractivity contribution >= 4 is 15.9 Å². The highest BCUT2D eigenvalue weighted by Gasteiger charge is 2.33. The molecule has 0 spiro atoms. The Balaban J connectivity index is 2.17. The van der Waals surface area contributed by atoms with Crippen molar-refractivity contribution in [3.63, 3.8) is 0 Å². The molecule has 0 aliphatic rings. The van der Waals surface area contributed by atoms with Crippen molar-refractivity contribution in [2.45, 2.75) is 30.9 Å². The third-order valence-electron chi connectivity index (χ3n) is 5.09. The van der Waals surface area contributed by atoms with E-state index >= 15 is 0 Å². The normalized spacial score (nSPS) is 14.8. The number of hydrogen-bond acceptors (Lipinski definition) is 7. The van der Waals surface area contributed by atoms with Crippen LogP contribution in [-0.2, 0) is 14.8 Å². The molecule has 1 aromatic carbocycles. The summed E-state index contributed by atoms with van der Waals surface area (Å²) in [5.41, 5.74) is 0.217. The van der Waals surface area contributed by atoms with Gasteiger partial charge in [0.05, 0.1) is 23.8 Å². The average Bonchev–Trinajstić information content (AvgIpc) is 2.80. The van der Waals surface area contributed by atoms with Gasteiger partial charge in [-0.05, 0) is 25.0 Å². The van der Waals surface area contributed by atoms with Gasteiger partial charge in [-0.2, -0.15) is 4.31 Å². The Morgan fingerprint density at radius 2 is 1.84 bits per heavy atom. The predicted octanol–water partition coefficient (Wildman–Crippen LogP) is 1.27. The molecule has 0 saturated carbocycles. The number of carbonyl (C=O) groups excluding carboxylic acids is 1. The summed E-state index contributed by atoms with van der Waals surface area (Å²) < 4.78 is 33.2. The number of aliphatic hydroxyl groups is 1. The second kappa shape index (κ2) is 11.3. The first kappa shape index (κ1) is 24.9. The molecule has 0 fully saturated rings. The van der Waals surface area contributed by atoms with Crippen LogP contribution < -0.4 is 0 Å². The van der Waals surface area contributed by atoms with E-state index < -0.39 is 22.2 Å². The number of likely N-dealkylation sites (N-methyl/N-ethyl adjacent to an activating group) is 1. The lowest BCUT2D eigenvalue weighted by Gasteiger charge is -2.33. The van der Waals surface area contributed by atoms with Gasteiger partial charge in [0, 0.05) is 45.7 Å². The molecule has 170 valence electrons. The zero-order valence-electron chi connectivity index (χ0n) is 18.2. The summed E-state index contributed by atoms with van der Waals surface area (Å²) >= 11 is 0. The Morgan fingerprint density at radius 1 is 1.16 bits per heavy atom. The van der Waals surface area contributed by atoms with Crippen molar-refractivity contribution < 1.29 is 23.1 Å². The number of aliphatic hydroxyl groups excluding tert-OH is 1. The first-order chi connectivity index (χ1) is 14.7. The molecule has 0 unspecified atom stereocenters. The summed E-state index contributed by atoms with van der Waals surface area (Å²) in [5.74, 6) is -0.575. The molecule has 0 bridgehead atoms. The Bertz CT molecular complexity index is 927. The Labute approximate surface area is 183 Å². The highest BCUT2D eigenvalue weighted by atomic mass is 32.2. The minimum absolute atomic E-state index is 0.116. The molecular formula is C21H30N4O5S. The van der Waals surface area contributed by atoms with Crippen molar-refractivity contribution in [1.82, 2.24) is 19.2 Å². The topological polar surface area (TPSA) is 113 Å². The maximum Gasteiger partial charge on any atom is 0.273 e. The number of aromatic nitrogens is 2. The summed E-state index contributed by atoms with van der Waals surface area (Å²) in [6, 6.07) is 7.49. The van der Waals surface area contributed by atoms with Crippen LogP contribution in [0.1, 0.15) is 24.3 Å². The summed E-state index contributed by atoms with van der Waals surface area (Å²) in [6.45, 7) is 3.54. The number of benzene rings is 1. The van der Waals surface area contributed by atoms with Gasteiger partial charge >= 0.3 is 0 Å². The van der Waals surface area contributed by atoms with Crippen molar-refractivity contribution in [3.8, 4) is 0 Å². The van der Waals surface area contributed by atoms with Crippen LogP contribution in [0.3, 0.4) is 0 Å². The minimum Gasteiger partial charge on any atom is -0.395 e. The molecule has 1 heterocycles. The van der Waals surface area contributed by atoms with Crippen LogP contribution in [-0.4, -0.2) is 84.6 Å². The van der Waals surface area contributed by atoms with Gasteiger partial charge < -0.3 is 14.7 Å². The number of ether oxygens (including phenoxy) is 1. The highest BCUT2D eigenvalue weighted by Crippen LogP contribution is 2.22. The van der Waals surface area contributed by atoms with Gasteiger partial charge in [-0.15, -0.1) is 0 Å². The SMILES string of the molecule is CO[C@@H](CN(C)C(=O)c1cnccn1)[C@H](C)CN([C@@H](C)CO)S(=O)(=O)c1ccccc1. The molecular weight excluding hydrogens is 420 g/mol. The van der Waals surface area contributed by atoms with Crippen molar-refractivity contribution in [2.75, 3.05) is 33.9 Å². The fourth-order valence-corrected chi connectivity index (χ4v) is 4.92. The van der Waals surface area contributed by atoms with Gasteiger partial charge in [0.2, 0.25) is 10.0 Å². The zero-order valence-corrected chi connectivity index (χ0v) is 19.1. The lowest BCUT2D eigenvalue weighted by molar-refractivity contribution is 0.0219. The lowest BCUT2D eigenvalue weighted by atomic mass is 10.0. The van der Waals surface area contributed by atoms with E-state index in [1.807, 2.05) is 6.92 Å². The molecule has 3 atom stereocenters. The van der Waals surface area contributed by atoms with Crippen LogP contribution in [0.25, 0.3) is 0 Å². The number of sulfonamides is 1. The van der Waals surface area contributed by atoms with Gasteiger partial charge in [0.15, 0.2) is 0 Å². The lowest BCUT2D eigenvalue weighted by Crippen LogP contribution is -2.47. The van der Waals surface area contributed by atoms with Crippen LogP contribution in [0.5, 0.6) is 0 Å². The van der Waals surface area contributed by atoms with E-state index in [-0.39, 0.29) is 42.1 Å². The van der Waals surface area contributed by atoms with E-state index in [2.05, 4.69) is 9.97 Å². The largest absolute Gasteiger partial charge is 0.395 e. The molecule has 31 heavy (non-hydrogen) atoms. The Hall–Kier alpha value is -2.40. The third-order valence-corrected chi connectivity index (χ3v) is 7.09. The molecule has 1 amide bonds. The fourth-order valence-electron chi connectivity index (χ4n) is 3.18. The van der Waals surface area contributed by atoms with Crippen LogP contribution in [0, 0.1) is 5.92 Å². The first-order valence-electron chi connectivity index (χ1n) is 9.94. The van der Waals surface area contributed by atoms with E-state index in [9.17, 15) is 18.3 Å². The average molecular weight is 451 g/mol. The number of rotatable bonds is 11. The maximum absolute atomic E-state index is 13.2. The van der Waals surface area contributed by atoms with E-state index in [0.29, 0.717) is 0 Å². The maximum atomic E-state index is 13.2. The van der Waals surface area contributed by atoms with E-state index in [1.54, 1.807) is 32.2 Å². The molecule has 1 N–H and O–H groups in total. The zero-order chi connectivity index (χ0) is 23.0. The van der Waals surface area contributed by atoms with Gasteiger partial charge in [-0.3, -0.25) is 9.78 Å². The van der Waals surface area contributed by atoms with Crippen LogP contribution in [0.15, 0.2) is 53.8 Å². The smallest absolute Gasteiger partial charge is 0.273 e. The molecule has 2 aromatic rings. The molecule has 0 radical (unpaired) electrons. The van der Waals surface area contributed by atoms with Crippen LogP contribution >= 0.6 is 0 Å². The van der Waals surface area contributed by atoms with Crippen molar-refractivity contribution in [3.05, 3.63) is 54.6 Å². The predicted molar refractivity (Wildman–Crippen MR) is 116 cm³/mol. The third kappa shape index (κ3) is 6.30. The Morgan fingerprint density at radius 3 is 2.39 bits per heavy atom. The van der Waals surface area contributed by atoms with Crippen LogP contribution in [0.2, 0.25) is 0 Å². The highest BCUT2D eigenvalue weighted by molar-refractivity contribution is 7.89. The summed E-state index contributed by atoms with van der Waals surface area (Å²) in [7, 11) is -0.667. The molecule has 10 heteroatoms. The van der Waals surface area contributed by atoms with E-state index in [4.69, 9.17) is 4.74 Å². The number of methoxy groups -OCH3 is 1. The second-order valence-corrected chi connectivity index (χ2v) is 9.34. The monoisotopic (exact) mass is 450 g/mol. The fraction of sp³-hybridized carbons (Fsp3) is 0.476. The number of carbonyl (C=O) groups is 1. The standard InChI is InChI=1S/C21H30N4O5S/c1-16(20(30-4)14-24(3)21(27)19-12-22-10-11-23-19)13-25(17(2)15-26)31(28,29)18-8-6-5-7-9-18/h5-12,16-17,20,26H,13-15H2,1-4H3/t16-,17+,20+/m1/s1. The van der Waals surface area contributed by atoms with E-state index in [1.165, 1.54) is 47.0 Å². The molecule has 0 saturated heterocycles. The van der Waals surface area contributed by atoms with Crippen LogP contribution in [0.4, 0.5) is 0 Å². The number of amides is 1. The van der Waals surface area contributed by atoms with Gasteiger partial charge in [0.25, 0.3) is 5.91 Å². The van der Waals surface area contributed by atoms with Gasteiger partial charge in [-0.25, -0.2) is 13.4 Å². The molecule has 1 aromatic heterocycles. The Kier molecular flexibility index (Phi) is 9.05. The summed E-state index contributed by atoms with van der Waals surface area (Å²) in [4.78, 5) is 22.1. The molecule has 9 nitrogen and oxygen atoms in total. The van der Waals surface area contributed by atoms with Crippen molar-refractivity contribution in [2.24, 2.45) is 5.92 Å². The molecule has 2 rings (SSSR count). The molecule has 0 aliphatic heterocycles. The van der Waals surface area contributed by atoms with E-state index in [0.717, 1.165) is 0 Å². The number of nitrogens with zero attached hydrogens (tertiary/aromatic N) is 4. The van der Waals surface area contributed by atoms with Crippen molar-refractivity contribution in [1.29, 1.82) is 0 Å². The van der Waals surface area contributed by atoms with Gasteiger partial charge in [-0.1, -0.05) is 25.1 Å². The van der Waals surface area contributed by atoms with Gasteiger partial charge in [0.1, 0.15) is 5.69 Å². The minimum atomic E-state index is -3.82. The second-order valence-electron chi connectivity index (χ2n) is 7.45. The quantitative estimate of drug-likeness (QED) is 0.548. The summed E-state index contributed by atoms with van der Waals surface area (Å²) in [5, 5.41) is 9.67. The molecule has 0 aliphatic carbocycles. The summed E-state index contributed by atoms with van der Waals surface area (Å²) in [6.07, 6.45) is 3.88. The first-order valence-corrected chi connectivity index (χ1v) is 11.4.